The van der Waals surface area contributed by atoms with E-state index in [1.807, 2.05) is 0 Å². The highest BCUT2D eigenvalue weighted by molar-refractivity contribution is 5.69. The first-order chi connectivity index (χ1) is 15.7. The quantitative estimate of drug-likeness (QED) is 0.142. The smallest absolute Gasteiger partial charge is 0.305 e. The van der Waals surface area contributed by atoms with Crippen molar-refractivity contribution in [3.63, 3.8) is 0 Å². The highest BCUT2D eigenvalue weighted by Crippen LogP contribution is 2.03. The maximum Gasteiger partial charge on any atom is 0.305 e. The number of hydrogen-bond acceptors (Lipinski definition) is 8. The van der Waals surface area contributed by atoms with Crippen LogP contribution in [-0.2, 0) is 38.0 Å². The summed E-state index contributed by atoms with van der Waals surface area (Å²) in [6.07, 6.45) is 5.95. The fourth-order valence-electron chi connectivity index (χ4n) is 2.48. The Morgan fingerprint density at radius 2 is 1.03 bits per heavy atom. The highest BCUT2D eigenvalue weighted by atomic mass is 16.6. The van der Waals surface area contributed by atoms with Crippen LogP contribution < -0.4 is 0 Å². The lowest BCUT2D eigenvalue weighted by molar-refractivity contribution is -0.145. The Morgan fingerprint density at radius 1 is 0.594 bits per heavy atom. The van der Waals surface area contributed by atoms with Crippen molar-refractivity contribution in [1.29, 1.82) is 0 Å². The Labute approximate surface area is 195 Å². The molecule has 0 bridgehead atoms. The molecule has 0 heterocycles. The minimum absolute atomic E-state index is 0.142. The molecular weight excluding hydrogens is 416 g/mol. The number of unbranched alkanes of at least 4 members (excludes halogenated alkanes) is 3. The molecule has 1 unspecified atom stereocenters. The summed E-state index contributed by atoms with van der Waals surface area (Å²) < 4.78 is 37.7. The first-order valence-electron chi connectivity index (χ1n) is 12.3. The fourth-order valence-corrected chi connectivity index (χ4v) is 2.48. The van der Waals surface area contributed by atoms with Gasteiger partial charge in [0.1, 0.15) is 6.61 Å². The molecule has 32 heavy (non-hydrogen) atoms. The molecule has 1 atom stereocenters. The number of esters is 1. The Morgan fingerprint density at radius 3 is 1.47 bits per heavy atom. The van der Waals surface area contributed by atoms with Crippen LogP contribution in [0.25, 0.3) is 0 Å². The van der Waals surface area contributed by atoms with E-state index in [1.54, 1.807) is 0 Å². The Kier molecular flexibility index (Phi) is 25.8. The van der Waals surface area contributed by atoms with Gasteiger partial charge < -0.3 is 33.2 Å². The standard InChI is InChI=1S/C24H48O8/c1-4-6-7-8-9-24(25)32-21-20-30-17-16-28-13-12-26-10-11-27-14-15-29-18-19-31-22-23(3)5-2/h23H,4-22H2,1-3H3. The van der Waals surface area contributed by atoms with Crippen LogP contribution in [0.15, 0.2) is 0 Å². The molecule has 0 aliphatic heterocycles. The van der Waals surface area contributed by atoms with E-state index in [-0.39, 0.29) is 5.97 Å². The summed E-state index contributed by atoms with van der Waals surface area (Å²) in [6, 6.07) is 0. The second-order valence-electron chi connectivity index (χ2n) is 7.68. The van der Waals surface area contributed by atoms with Gasteiger partial charge in [0, 0.05) is 13.0 Å². The van der Waals surface area contributed by atoms with E-state index in [0.717, 1.165) is 32.3 Å². The third kappa shape index (κ3) is 25.5. The minimum atomic E-state index is -0.142. The van der Waals surface area contributed by atoms with Crippen LogP contribution in [-0.4, -0.2) is 91.9 Å². The summed E-state index contributed by atoms with van der Waals surface area (Å²) >= 11 is 0. The minimum Gasteiger partial charge on any atom is -0.463 e. The molecule has 0 saturated carbocycles. The van der Waals surface area contributed by atoms with E-state index < -0.39 is 0 Å². The number of carbonyl (C=O) groups excluding carboxylic acids is 1. The van der Waals surface area contributed by atoms with Crippen molar-refractivity contribution in [2.45, 2.75) is 59.3 Å². The molecule has 0 aromatic heterocycles. The predicted octanol–water partition coefficient (Wildman–Crippen LogP) is 3.65. The normalized spacial score (nSPS) is 12.2. The lowest BCUT2D eigenvalue weighted by Gasteiger charge is -2.10. The highest BCUT2D eigenvalue weighted by Gasteiger charge is 2.02. The number of ether oxygens (including phenoxy) is 7. The second-order valence-corrected chi connectivity index (χ2v) is 7.68. The fraction of sp³-hybridized carbons (Fsp3) is 0.958. The van der Waals surface area contributed by atoms with E-state index >= 15 is 0 Å². The molecule has 0 N–H and O–H groups in total. The zero-order valence-electron chi connectivity index (χ0n) is 20.8. The molecule has 0 rings (SSSR count). The molecule has 0 aromatic carbocycles. The average Bonchev–Trinajstić information content (AvgIpc) is 2.80. The van der Waals surface area contributed by atoms with E-state index in [1.165, 1.54) is 6.42 Å². The van der Waals surface area contributed by atoms with Crippen LogP contribution in [0.5, 0.6) is 0 Å². The van der Waals surface area contributed by atoms with Gasteiger partial charge in [-0.1, -0.05) is 46.5 Å². The molecule has 192 valence electrons. The molecule has 0 spiro atoms. The summed E-state index contributed by atoms with van der Waals surface area (Å²) in [5.41, 5.74) is 0. The van der Waals surface area contributed by atoms with Gasteiger partial charge in [-0.3, -0.25) is 4.79 Å². The summed E-state index contributed by atoms with van der Waals surface area (Å²) in [4.78, 5) is 11.5. The van der Waals surface area contributed by atoms with Crippen LogP contribution in [0.2, 0.25) is 0 Å². The Bertz CT molecular complexity index is 381. The largest absolute Gasteiger partial charge is 0.463 e. The zero-order valence-corrected chi connectivity index (χ0v) is 20.8. The van der Waals surface area contributed by atoms with Crippen LogP contribution in [0.3, 0.4) is 0 Å². The van der Waals surface area contributed by atoms with Gasteiger partial charge in [0.15, 0.2) is 0 Å². The third-order valence-electron chi connectivity index (χ3n) is 4.68. The number of hydrogen-bond donors (Lipinski definition) is 0. The van der Waals surface area contributed by atoms with Crippen molar-refractivity contribution >= 4 is 5.97 Å². The number of rotatable bonds is 26. The lowest BCUT2D eigenvalue weighted by Crippen LogP contribution is -2.15. The van der Waals surface area contributed by atoms with E-state index in [2.05, 4.69) is 20.8 Å². The van der Waals surface area contributed by atoms with Gasteiger partial charge in [-0.15, -0.1) is 0 Å². The van der Waals surface area contributed by atoms with Gasteiger partial charge in [-0.2, -0.15) is 0 Å². The van der Waals surface area contributed by atoms with Crippen molar-refractivity contribution in [3.05, 3.63) is 0 Å². The third-order valence-corrected chi connectivity index (χ3v) is 4.68. The summed E-state index contributed by atoms with van der Waals surface area (Å²) in [5, 5.41) is 0. The van der Waals surface area contributed by atoms with Crippen LogP contribution in [0.1, 0.15) is 59.3 Å². The van der Waals surface area contributed by atoms with Gasteiger partial charge in [0.25, 0.3) is 0 Å². The molecule has 0 fully saturated rings. The molecule has 0 radical (unpaired) electrons. The summed E-state index contributed by atoms with van der Waals surface area (Å²) in [5.74, 6) is 0.460. The van der Waals surface area contributed by atoms with Crippen molar-refractivity contribution in [1.82, 2.24) is 0 Å². The SMILES string of the molecule is CCCCCCC(=O)OCCOCCOCCOCCOCCOCCOCC(C)CC. The first kappa shape index (κ1) is 31.2. The van der Waals surface area contributed by atoms with Crippen LogP contribution in [0, 0.1) is 5.92 Å². The zero-order chi connectivity index (χ0) is 23.5. The van der Waals surface area contributed by atoms with Gasteiger partial charge in [-0.25, -0.2) is 0 Å². The second kappa shape index (κ2) is 26.5. The van der Waals surface area contributed by atoms with E-state index in [0.29, 0.717) is 91.6 Å². The van der Waals surface area contributed by atoms with Crippen molar-refractivity contribution in [2.24, 2.45) is 5.92 Å². The van der Waals surface area contributed by atoms with Gasteiger partial charge in [-0.05, 0) is 12.3 Å². The van der Waals surface area contributed by atoms with Gasteiger partial charge >= 0.3 is 5.97 Å². The molecular formula is C24H48O8. The predicted molar refractivity (Wildman–Crippen MR) is 124 cm³/mol. The van der Waals surface area contributed by atoms with Crippen molar-refractivity contribution in [3.8, 4) is 0 Å². The average molecular weight is 465 g/mol. The Balaban J connectivity index is 3.10. The first-order valence-corrected chi connectivity index (χ1v) is 12.3. The molecule has 0 saturated heterocycles. The Hall–Kier alpha value is -0.770. The monoisotopic (exact) mass is 464 g/mol. The number of carbonyl (C=O) groups is 1. The summed E-state index contributed by atoms with van der Waals surface area (Å²) in [7, 11) is 0. The maximum atomic E-state index is 11.5. The lowest BCUT2D eigenvalue weighted by atomic mass is 10.1. The van der Waals surface area contributed by atoms with Crippen molar-refractivity contribution < 1.29 is 38.0 Å². The molecule has 0 aliphatic rings. The van der Waals surface area contributed by atoms with E-state index in [9.17, 15) is 4.79 Å². The van der Waals surface area contributed by atoms with Gasteiger partial charge in [0.05, 0.1) is 72.7 Å². The van der Waals surface area contributed by atoms with Crippen LogP contribution >= 0.6 is 0 Å². The maximum absolute atomic E-state index is 11.5. The molecule has 0 aliphatic carbocycles. The summed E-state index contributed by atoms with van der Waals surface area (Å²) in [6.45, 7) is 13.4. The molecule has 8 heteroatoms. The van der Waals surface area contributed by atoms with E-state index in [4.69, 9.17) is 33.2 Å². The van der Waals surface area contributed by atoms with Crippen LogP contribution in [0.4, 0.5) is 0 Å². The molecule has 0 amide bonds. The molecule has 0 aromatic rings. The van der Waals surface area contributed by atoms with Crippen molar-refractivity contribution in [2.75, 3.05) is 85.9 Å². The topological polar surface area (TPSA) is 81.7 Å². The van der Waals surface area contributed by atoms with Gasteiger partial charge in [0.2, 0.25) is 0 Å². The molecule has 8 nitrogen and oxygen atoms in total.